The second-order valence-corrected chi connectivity index (χ2v) is 3.82. The fraction of sp³-hybridized carbons (Fsp3) is 0.600. The Morgan fingerprint density at radius 2 is 2.50 bits per heavy atom. The zero-order valence-electron chi connectivity index (χ0n) is 8.41. The molecule has 76 valence electrons. The van der Waals surface area contributed by atoms with Gasteiger partial charge in [0.05, 0.1) is 19.2 Å². The molecule has 1 aromatic rings. The topological polar surface area (TPSA) is 55.0 Å². The van der Waals surface area contributed by atoms with Gasteiger partial charge in [-0.3, -0.25) is 9.89 Å². The van der Waals surface area contributed by atoms with Crippen molar-refractivity contribution < 1.29 is 9.53 Å². The van der Waals surface area contributed by atoms with Crippen LogP contribution in [0.15, 0.2) is 6.20 Å². The number of esters is 1. The normalized spacial score (nSPS) is 25.6. The summed E-state index contributed by atoms with van der Waals surface area (Å²) < 4.78 is 4.81. The van der Waals surface area contributed by atoms with Gasteiger partial charge in [-0.2, -0.15) is 5.10 Å². The number of aryl methyl sites for hydroxylation is 1. The highest BCUT2D eigenvalue weighted by atomic mass is 16.5. The van der Waals surface area contributed by atoms with Gasteiger partial charge in [0.1, 0.15) is 0 Å². The van der Waals surface area contributed by atoms with Gasteiger partial charge in [0.2, 0.25) is 0 Å². The summed E-state index contributed by atoms with van der Waals surface area (Å²) in [4.78, 5) is 11.6. The smallest absolute Gasteiger partial charge is 0.313 e. The number of ether oxygens (including phenoxy) is 1. The Morgan fingerprint density at radius 3 is 3.21 bits per heavy atom. The van der Waals surface area contributed by atoms with E-state index in [0.717, 1.165) is 24.1 Å². The van der Waals surface area contributed by atoms with Crippen molar-refractivity contribution in [2.75, 3.05) is 7.11 Å². The number of aromatic nitrogens is 2. The maximum atomic E-state index is 11.6. The fourth-order valence-corrected chi connectivity index (χ4v) is 2.12. The molecule has 0 amide bonds. The minimum absolute atomic E-state index is 0.137. The first-order valence-electron chi connectivity index (χ1n) is 4.84. The molecule has 0 saturated heterocycles. The summed E-state index contributed by atoms with van der Waals surface area (Å²) in [5.41, 5.74) is 2.09. The summed E-state index contributed by atoms with van der Waals surface area (Å²) in [6.07, 6.45) is 3.73. The number of hydrogen-bond donors (Lipinski definition) is 1. The number of rotatable bonds is 1. The number of hydrogen-bond acceptors (Lipinski definition) is 3. The van der Waals surface area contributed by atoms with E-state index in [9.17, 15) is 4.79 Å². The number of nitrogens with one attached hydrogen (secondary N) is 1. The summed E-state index contributed by atoms with van der Waals surface area (Å²) in [5, 5.41) is 6.90. The summed E-state index contributed by atoms with van der Waals surface area (Å²) in [6.45, 7) is 2.08. The summed E-state index contributed by atoms with van der Waals surface area (Å²) >= 11 is 0. The van der Waals surface area contributed by atoms with Crippen LogP contribution in [0.5, 0.6) is 0 Å². The van der Waals surface area contributed by atoms with Crippen molar-refractivity contribution in [3.8, 4) is 0 Å². The lowest BCUT2D eigenvalue weighted by Gasteiger charge is -2.26. The number of H-pyrrole nitrogens is 1. The molecule has 2 unspecified atom stereocenters. The van der Waals surface area contributed by atoms with E-state index >= 15 is 0 Å². The number of carbonyl (C=O) groups excluding carboxylic acids is 1. The third-order valence-corrected chi connectivity index (χ3v) is 2.96. The van der Waals surface area contributed by atoms with Crippen LogP contribution in [0, 0.1) is 5.92 Å². The lowest BCUT2D eigenvalue weighted by Crippen LogP contribution is -2.25. The molecular weight excluding hydrogens is 180 g/mol. The summed E-state index contributed by atoms with van der Waals surface area (Å²) in [5.74, 6) is 0.0508. The van der Waals surface area contributed by atoms with Crippen molar-refractivity contribution in [2.45, 2.75) is 25.7 Å². The molecule has 2 rings (SSSR count). The molecular formula is C10H14N2O2. The van der Waals surface area contributed by atoms with E-state index in [1.807, 2.05) is 0 Å². The zero-order chi connectivity index (χ0) is 10.1. The summed E-state index contributed by atoms with van der Waals surface area (Å²) in [6, 6.07) is 0. The van der Waals surface area contributed by atoms with Gasteiger partial charge in [-0.05, 0) is 18.8 Å². The molecule has 0 fully saturated rings. The molecule has 1 aromatic heterocycles. The Bertz CT molecular complexity index is 346. The van der Waals surface area contributed by atoms with Crippen LogP contribution in [0.1, 0.15) is 30.5 Å². The molecule has 1 heterocycles. The predicted octanol–water partition coefficient (Wildman–Crippen LogP) is 1.25. The average molecular weight is 194 g/mol. The van der Waals surface area contributed by atoms with Gasteiger partial charge in [-0.1, -0.05) is 6.92 Å². The summed E-state index contributed by atoms with van der Waals surface area (Å²) in [7, 11) is 1.43. The molecule has 2 atom stereocenters. The Labute approximate surface area is 82.7 Å². The van der Waals surface area contributed by atoms with E-state index in [0.29, 0.717) is 5.92 Å². The molecule has 14 heavy (non-hydrogen) atoms. The van der Waals surface area contributed by atoms with E-state index in [2.05, 4.69) is 17.1 Å². The van der Waals surface area contributed by atoms with Crippen LogP contribution in [0.4, 0.5) is 0 Å². The molecule has 4 nitrogen and oxygen atoms in total. The maximum absolute atomic E-state index is 11.6. The lowest BCUT2D eigenvalue weighted by atomic mass is 9.79. The molecule has 4 heteroatoms. The van der Waals surface area contributed by atoms with Gasteiger partial charge >= 0.3 is 5.97 Å². The molecule has 0 radical (unpaired) electrons. The largest absolute Gasteiger partial charge is 0.469 e. The highest BCUT2D eigenvalue weighted by Crippen LogP contribution is 2.35. The standard InChI is InChI=1S/C10H14N2O2/c1-6-3-4-8-7(5-11-12-8)9(6)10(13)14-2/h5-6,9H,3-4H2,1-2H3,(H,11,12). The van der Waals surface area contributed by atoms with Crippen molar-refractivity contribution in [1.82, 2.24) is 10.2 Å². The molecule has 0 aromatic carbocycles. The zero-order valence-corrected chi connectivity index (χ0v) is 8.41. The minimum atomic E-state index is -0.153. The third-order valence-electron chi connectivity index (χ3n) is 2.96. The second-order valence-electron chi connectivity index (χ2n) is 3.82. The highest BCUT2D eigenvalue weighted by Gasteiger charge is 2.34. The van der Waals surface area contributed by atoms with Crippen molar-refractivity contribution >= 4 is 5.97 Å². The van der Waals surface area contributed by atoms with Gasteiger partial charge in [-0.25, -0.2) is 0 Å². The fourth-order valence-electron chi connectivity index (χ4n) is 2.12. The quantitative estimate of drug-likeness (QED) is 0.684. The van der Waals surface area contributed by atoms with Crippen LogP contribution >= 0.6 is 0 Å². The number of aromatic amines is 1. The number of carbonyl (C=O) groups is 1. The van der Waals surface area contributed by atoms with Gasteiger partial charge in [-0.15, -0.1) is 0 Å². The van der Waals surface area contributed by atoms with Gasteiger partial charge in [0.25, 0.3) is 0 Å². The number of methoxy groups -OCH3 is 1. The lowest BCUT2D eigenvalue weighted by molar-refractivity contribution is -0.144. The van der Waals surface area contributed by atoms with Crippen molar-refractivity contribution in [3.63, 3.8) is 0 Å². The molecule has 1 N–H and O–H groups in total. The molecule has 0 spiro atoms. The van der Waals surface area contributed by atoms with Crippen LogP contribution in [-0.2, 0) is 16.0 Å². The first-order valence-corrected chi connectivity index (χ1v) is 4.84. The van der Waals surface area contributed by atoms with E-state index in [4.69, 9.17) is 4.74 Å². The van der Waals surface area contributed by atoms with E-state index in [1.54, 1.807) is 6.20 Å². The van der Waals surface area contributed by atoms with Crippen LogP contribution in [0.25, 0.3) is 0 Å². The Kier molecular flexibility index (Phi) is 2.27. The first-order chi connectivity index (χ1) is 6.74. The minimum Gasteiger partial charge on any atom is -0.469 e. The predicted molar refractivity (Wildman–Crippen MR) is 50.8 cm³/mol. The number of fused-ring (bicyclic) bond motifs is 1. The Morgan fingerprint density at radius 1 is 1.71 bits per heavy atom. The third kappa shape index (κ3) is 1.31. The van der Waals surface area contributed by atoms with E-state index < -0.39 is 0 Å². The molecule has 0 aliphatic heterocycles. The van der Waals surface area contributed by atoms with Gasteiger partial charge < -0.3 is 4.74 Å². The SMILES string of the molecule is COC(=O)C1c2cn[nH]c2CCC1C. The second kappa shape index (κ2) is 3.44. The van der Waals surface area contributed by atoms with Crippen LogP contribution in [0.2, 0.25) is 0 Å². The van der Waals surface area contributed by atoms with Crippen molar-refractivity contribution in [2.24, 2.45) is 5.92 Å². The maximum Gasteiger partial charge on any atom is 0.313 e. The van der Waals surface area contributed by atoms with E-state index in [-0.39, 0.29) is 11.9 Å². The molecule has 1 aliphatic rings. The van der Waals surface area contributed by atoms with Gasteiger partial charge in [0.15, 0.2) is 0 Å². The number of nitrogens with zero attached hydrogens (tertiary/aromatic N) is 1. The monoisotopic (exact) mass is 194 g/mol. The van der Waals surface area contributed by atoms with Crippen LogP contribution in [0.3, 0.4) is 0 Å². The van der Waals surface area contributed by atoms with Gasteiger partial charge in [0, 0.05) is 11.3 Å². The molecule has 0 saturated carbocycles. The van der Waals surface area contributed by atoms with Crippen LogP contribution in [-0.4, -0.2) is 23.3 Å². The van der Waals surface area contributed by atoms with Crippen molar-refractivity contribution in [3.05, 3.63) is 17.5 Å². The first kappa shape index (κ1) is 9.24. The Balaban J connectivity index is 2.36. The Hall–Kier alpha value is -1.32. The van der Waals surface area contributed by atoms with Crippen molar-refractivity contribution in [1.29, 1.82) is 0 Å². The molecule has 1 aliphatic carbocycles. The van der Waals surface area contributed by atoms with E-state index in [1.165, 1.54) is 7.11 Å². The highest BCUT2D eigenvalue weighted by molar-refractivity contribution is 5.79. The average Bonchev–Trinajstić information content (AvgIpc) is 2.64. The molecule has 0 bridgehead atoms. The van der Waals surface area contributed by atoms with Crippen LogP contribution < -0.4 is 0 Å².